The van der Waals surface area contributed by atoms with Crippen LogP contribution >= 0.6 is 0 Å². The second kappa shape index (κ2) is 2.98. The molecule has 0 radical (unpaired) electrons. The second-order valence-corrected chi connectivity index (χ2v) is 4.87. The molecule has 2 rings (SSSR count). The van der Waals surface area contributed by atoms with Crippen LogP contribution in [0.1, 0.15) is 5.56 Å². The van der Waals surface area contributed by atoms with Crippen LogP contribution in [0.5, 0.6) is 5.75 Å². The molecule has 0 bridgehead atoms. The van der Waals surface area contributed by atoms with Gasteiger partial charge in [-0.1, -0.05) is 0 Å². The first-order valence-corrected chi connectivity index (χ1v) is 5.79. The van der Waals surface area contributed by atoms with Gasteiger partial charge in [-0.25, -0.2) is 0 Å². The third kappa shape index (κ3) is 1.18. The third-order valence-corrected chi connectivity index (χ3v) is 4.05. The van der Waals surface area contributed by atoms with E-state index in [0.29, 0.717) is 6.61 Å². The van der Waals surface area contributed by atoms with Crippen LogP contribution in [0.3, 0.4) is 0 Å². The summed E-state index contributed by atoms with van der Waals surface area (Å²) in [6, 6.07) is 5.50. The zero-order valence-electron chi connectivity index (χ0n) is 6.57. The van der Waals surface area contributed by atoms with Crippen LogP contribution in [-0.4, -0.2) is 21.3 Å². The number of fused-ring (bicyclic) bond motifs is 1. The summed E-state index contributed by atoms with van der Waals surface area (Å²) in [6.45, 7) is 0.459. The second-order valence-electron chi connectivity index (χ2n) is 2.47. The molecule has 4 heteroatoms. The normalized spacial score (nSPS) is 20.6. The molecule has 1 aliphatic rings. The Labute approximate surface area is 74.7 Å². The molecule has 1 unspecified atom stereocenters. The van der Waals surface area contributed by atoms with Gasteiger partial charge in [0.15, 0.2) is 0 Å². The Hall–Kier alpha value is -0.701. The summed E-state index contributed by atoms with van der Waals surface area (Å²) in [6.07, 6.45) is 0. The van der Waals surface area contributed by atoms with E-state index in [0.717, 1.165) is 15.8 Å². The summed E-state index contributed by atoms with van der Waals surface area (Å²) in [5.74, 6) is 0.790. The molecule has 1 aromatic rings. The molecule has 0 aliphatic carbocycles. The van der Waals surface area contributed by atoms with Crippen molar-refractivity contribution in [1.82, 2.24) is 0 Å². The molecule has 0 spiro atoms. The van der Waals surface area contributed by atoms with Crippen LogP contribution in [0.25, 0.3) is 0 Å². The first-order valence-electron chi connectivity index (χ1n) is 3.53. The van der Waals surface area contributed by atoms with Gasteiger partial charge in [0.25, 0.3) is 0 Å². The van der Waals surface area contributed by atoms with Crippen molar-refractivity contribution in [3.8, 4) is 5.75 Å². The molecule has 0 aromatic heterocycles. The van der Waals surface area contributed by atoms with E-state index in [9.17, 15) is 3.83 Å². The number of hydrogen-bond acceptors (Lipinski definition) is 3. The van der Waals surface area contributed by atoms with Crippen molar-refractivity contribution in [2.75, 3.05) is 7.11 Å². The minimum atomic E-state index is -2.16. The Morgan fingerprint density at radius 3 is 3.17 bits per heavy atom. The Morgan fingerprint density at radius 2 is 2.42 bits per heavy atom. The van der Waals surface area contributed by atoms with E-state index >= 15 is 0 Å². The first-order chi connectivity index (χ1) is 5.81. The van der Waals surface area contributed by atoms with Crippen molar-refractivity contribution in [2.45, 2.75) is 6.61 Å². The van der Waals surface area contributed by atoms with Gasteiger partial charge in [-0.15, -0.1) is 0 Å². The molecule has 1 heterocycles. The molecule has 0 fully saturated rings. The molecular formula is C8H8O3Se. The van der Waals surface area contributed by atoms with Gasteiger partial charge >= 0.3 is 74.2 Å². The summed E-state index contributed by atoms with van der Waals surface area (Å²) in [7, 11) is 1.61. The van der Waals surface area contributed by atoms with Crippen LogP contribution < -0.4 is 9.20 Å². The van der Waals surface area contributed by atoms with Gasteiger partial charge < -0.3 is 0 Å². The maximum atomic E-state index is 11.2. The van der Waals surface area contributed by atoms with Crippen LogP contribution in [-0.2, 0) is 14.3 Å². The molecule has 64 valence electrons. The molecule has 1 atom stereocenters. The van der Waals surface area contributed by atoms with E-state index in [4.69, 9.17) is 8.56 Å². The van der Waals surface area contributed by atoms with Crippen LogP contribution in [0.15, 0.2) is 18.2 Å². The SMILES string of the molecule is COc1ccc2c(c1)CO[Se]2=O. The van der Waals surface area contributed by atoms with Crippen molar-refractivity contribution in [1.29, 1.82) is 0 Å². The molecule has 0 amide bonds. The molecule has 0 saturated carbocycles. The van der Waals surface area contributed by atoms with E-state index < -0.39 is 14.2 Å². The number of methoxy groups -OCH3 is 1. The van der Waals surface area contributed by atoms with Crippen molar-refractivity contribution in [3.05, 3.63) is 23.8 Å². The van der Waals surface area contributed by atoms with Crippen LogP contribution in [0.2, 0.25) is 0 Å². The topological polar surface area (TPSA) is 35.5 Å². The fraction of sp³-hybridized carbons (Fsp3) is 0.250. The number of ether oxygens (including phenoxy) is 1. The number of benzene rings is 1. The van der Waals surface area contributed by atoms with E-state index in [-0.39, 0.29) is 0 Å². The van der Waals surface area contributed by atoms with E-state index in [1.807, 2.05) is 18.2 Å². The van der Waals surface area contributed by atoms with Crippen molar-refractivity contribution in [2.24, 2.45) is 0 Å². The summed E-state index contributed by atoms with van der Waals surface area (Å²) >= 11 is -2.16. The van der Waals surface area contributed by atoms with E-state index in [2.05, 4.69) is 0 Å². The number of rotatable bonds is 1. The summed E-state index contributed by atoms with van der Waals surface area (Å²) in [4.78, 5) is 0. The Morgan fingerprint density at radius 1 is 1.58 bits per heavy atom. The van der Waals surface area contributed by atoms with E-state index in [1.54, 1.807) is 7.11 Å². The average Bonchev–Trinajstić information content (AvgIpc) is 2.47. The maximum absolute atomic E-state index is 11.2. The Kier molecular flexibility index (Phi) is 1.97. The van der Waals surface area contributed by atoms with Crippen molar-refractivity contribution < 1.29 is 12.4 Å². The van der Waals surface area contributed by atoms with Gasteiger partial charge in [-0.05, 0) is 0 Å². The fourth-order valence-electron chi connectivity index (χ4n) is 1.14. The zero-order chi connectivity index (χ0) is 8.55. The molecule has 12 heavy (non-hydrogen) atoms. The summed E-state index contributed by atoms with van der Waals surface area (Å²) in [5.41, 5.74) is 0.995. The van der Waals surface area contributed by atoms with E-state index in [1.165, 1.54) is 0 Å². The van der Waals surface area contributed by atoms with Crippen molar-refractivity contribution >= 4 is 18.6 Å². The predicted octanol–water partition coefficient (Wildman–Crippen LogP) is 0.351. The average molecular weight is 231 g/mol. The monoisotopic (exact) mass is 232 g/mol. The first kappa shape index (κ1) is 7.92. The van der Waals surface area contributed by atoms with Crippen molar-refractivity contribution in [3.63, 3.8) is 0 Å². The molecule has 1 aromatic carbocycles. The van der Waals surface area contributed by atoms with Gasteiger partial charge in [0, 0.05) is 0 Å². The molecule has 1 aliphatic heterocycles. The summed E-state index contributed by atoms with van der Waals surface area (Å²) in [5, 5.41) is 0. The standard InChI is InChI=1S/C8H8O3Se/c1-10-7-2-3-8-6(4-7)5-11-12(8)9/h2-4H,5H2,1H3. The third-order valence-electron chi connectivity index (χ3n) is 1.77. The Balaban J connectivity index is 2.48. The predicted molar refractivity (Wildman–Crippen MR) is 43.9 cm³/mol. The molecular weight excluding hydrogens is 223 g/mol. The Bertz CT molecular complexity index is 335. The van der Waals surface area contributed by atoms with Gasteiger partial charge in [0.1, 0.15) is 0 Å². The number of hydrogen-bond donors (Lipinski definition) is 0. The van der Waals surface area contributed by atoms with Crippen LogP contribution in [0.4, 0.5) is 0 Å². The minimum absolute atomic E-state index is 0.459. The molecule has 3 nitrogen and oxygen atoms in total. The fourth-order valence-corrected chi connectivity index (χ4v) is 2.97. The van der Waals surface area contributed by atoms with Gasteiger partial charge in [-0.3, -0.25) is 0 Å². The quantitative estimate of drug-likeness (QED) is 0.654. The van der Waals surface area contributed by atoms with Gasteiger partial charge in [0.2, 0.25) is 0 Å². The zero-order valence-corrected chi connectivity index (χ0v) is 8.29. The summed E-state index contributed by atoms with van der Waals surface area (Å²) < 4.78 is 22.1. The molecule has 0 N–H and O–H groups in total. The molecule has 0 saturated heterocycles. The van der Waals surface area contributed by atoms with Gasteiger partial charge in [0.05, 0.1) is 0 Å². The van der Waals surface area contributed by atoms with Gasteiger partial charge in [-0.2, -0.15) is 0 Å². The van der Waals surface area contributed by atoms with Crippen LogP contribution in [0, 0.1) is 0 Å².